The van der Waals surface area contributed by atoms with Crippen LogP contribution in [0.5, 0.6) is 0 Å². The summed E-state index contributed by atoms with van der Waals surface area (Å²) in [5.41, 5.74) is 0. The summed E-state index contributed by atoms with van der Waals surface area (Å²) in [7, 11) is 0. The summed E-state index contributed by atoms with van der Waals surface area (Å²) in [4.78, 5) is 24.5. The van der Waals surface area contributed by atoms with E-state index in [-0.39, 0.29) is 18.5 Å². The van der Waals surface area contributed by atoms with Gasteiger partial charge in [0.25, 0.3) is 0 Å². The standard InChI is InChI=1S/C66H123NO5/c1-3-5-7-9-11-13-15-17-30-34-38-42-46-50-54-58-64(69)63(62-68)67-65(70)59-55-51-47-43-39-35-32-28-26-24-22-20-19-21-23-25-27-29-33-37-41-45-49-53-57-61-72-66(71)60-56-52-48-44-40-36-31-18-16-14-12-10-8-6-4-2/h12,14,18,20-23,31,63-64,68-69H,3-11,13,15-17,19,24-30,32-62H2,1-2H3,(H,67,70)/b14-12-,22-20-,23-21-,31-18-. The Labute approximate surface area is 448 Å². The Morgan fingerprint density at radius 1 is 0.389 bits per heavy atom. The van der Waals surface area contributed by atoms with Crippen LogP contribution in [-0.2, 0) is 14.3 Å². The molecular weight excluding hydrogens is 887 g/mol. The summed E-state index contributed by atoms with van der Waals surface area (Å²) >= 11 is 0. The molecule has 0 spiro atoms. The van der Waals surface area contributed by atoms with Crippen LogP contribution >= 0.6 is 0 Å². The van der Waals surface area contributed by atoms with Crippen molar-refractivity contribution in [2.45, 2.75) is 347 Å². The third-order valence-electron chi connectivity index (χ3n) is 14.6. The van der Waals surface area contributed by atoms with Crippen LogP contribution in [0, 0.1) is 0 Å². The summed E-state index contributed by atoms with van der Waals surface area (Å²) in [6, 6.07) is -0.547. The van der Waals surface area contributed by atoms with E-state index in [0.29, 0.717) is 25.9 Å². The van der Waals surface area contributed by atoms with Gasteiger partial charge in [-0.1, -0.05) is 281 Å². The Bertz CT molecular complexity index is 1210. The fraction of sp³-hybridized carbons (Fsp3) is 0.848. The predicted molar refractivity (Wildman–Crippen MR) is 315 cm³/mol. The zero-order valence-corrected chi connectivity index (χ0v) is 48.2. The Kier molecular flexibility index (Phi) is 59.5. The molecule has 0 aromatic rings. The van der Waals surface area contributed by atoms with Crippen molar-refractivity contribution in [2.24, 2.45) is 0 Å². The second kappa shape index (κ2) is 61.4. The van der Waals surface area contributed by atoms with Gasteiger partial charge >= 0.3 is 5.97 Å². The molecule has 0 aliphatic rings. The molecule has 72 heavy (non-hydrogen) atoms. The number of hydrogen-bond acceptors (Lipinski definition) is 5. The highest BCUT2D eigenvalue weighted by atomic mass is 16.5. The number of aliphatic hydroxyl groups is 2. The van der Waals surface area contributed by atoms with Gasteiger partial charge in [0.05, 0.1) is 25.4 Å². The first-order chi connectivity index (χ1) is 35.5. The maximum Gasteiger partial charge on any atom is 0.305 e. The van der Waals surface area contributed by atoms with Gasteiger partial charge in [-0.05, 0) is 89.9 Å². The van der Waals surface area contributed by atoms with E-state index in [1.165, 1.54) is 244 Å². The quantitative estimate of drug-likeness (QED) is 0.0320. The number of carbonyl (C=O) groups excluding carboxylic acids is 2. The average Bonchev–Trinajstić information content (AvgIpc) is 3.38. The average molecular weight is 1010 g/mol. The van der Waals surface area contributed by atoms with Gasteiger partial charge in [0.15, 0.2) is 0 Å². The van der Waals surface area contributed by atoms with Crippen molar-refractivity contribution in [3.05, 3.63) is 48.6 Å². The van der Waals surface area contributed by atoms with Crippen molar-refractivity contribution in [3.8, 4) is 0 Å². The lowest BCUT2D eigenvalue weighted by Gasteiger charge is -2.22. The summed E-state index contributed by atoms with van der Waals surface area (Å²) in [6.07, 6.45) is 78.4. The molecule has 0 aliphatic carbocycles. The Balaban J connectivity index is 3.44. The molecule has 2 unspecified atom stereocenters. The molecular formula is C66H123NO5. The van der Waals surface area contributed by atoms with Gasteiger partial charge in [-0.3, -0.25) is 9.59 Å². The van der Waals surface area contributed by atoms with E-state index in [9.17, 15) is 19.8 Å². The fourth-order valence-electron chi connectivity index (χ4n) is 9.70. The highest BCUT2D eigenvalue weighted by molar-refractivity contribution is 5.76. The maximum absolute atomic E-state index is 12.5. The minimum Gasteiger partial charge on any atom is -0.466 e. The van der Waals surface area contributed by atoms with Crippen molar-refractivity contribution < 1.29 is 24.5 Å². The van der Waals surface area contributed by atoms with Crippen LogP contribution in [0.2, 0.25) is 0 Å². The number of ether oxygens (including phenoxy) is 1. The van der Waals surface area contributed by atoms with E-state index >= 15 is 0 Å². The van der Waals surface area contributed by atoms with Gasteiger partial charge in [-0.2, -0.15) is 0 Å². The minimum absolute atomic E-state index is 0.00519. The molecule has 3 N–H and O–H groups in total. The van der Waals surface area contributed by atoms with Gasteiger partial charge in [0, 0.05) is 12.8 Å². The number of amides is 1. The van der Waals surface area contributed by atoms with Crippen LogP contribution in [0.4, 0.5) is 0 Å². The monoisotopic (exact) mass is 1010 g/mol. The Hall–Kier alpha value is -2.18. The van der Waals surface area contributed by atoms with E-state index in [1.54, 1.807) is 0 Å². The molecule has 0 radical (unpaired) electrons. The van der Waals surface area contributed by atoms with Crippen molar-refractivity contribution in [2.75, 3.05) is 13.2 Å². The molecule has 0 saturated carbocycles. The number of rotatable bonds is 59. The normalized spacial score (nSPS) is 12.9. The summed E-state index contributed by atoms with van der Waals surface area (Å²) in [5.74, 6) is -0.0454. The number of carbonyl (C=O) groups is 2. The van der Waals surface area contributed by atoms with Crippen LogP contribution in [0.1, 0.15) is 335 Å². The number of allylic oxidation sites excluding steroid dienone is 8. The molecule has 0 fully saturated rings. The number of esters is 1. The molecule has 0 aliphatic heterocycles. The molecule has 0 bridgehead atoms. The van der Waals surface area contributed by atoms with Gasteiger partial charge in [-0.25, -0.2) is 0 Å². The SMILES string of the molecule is CCCCC/C=C\C/C=C\CCCCCCCC(=O)OCCCCCCCCCCC/C=C\C/C=C\CCCCCCCCCCCC(=O)NC(CO)C(O)CCCCCCCCCCCCCCCCC. The van der Waals surface area contributed by atoms with E-state index < -0.39 is 12.1 Å². The molecule has 0 heterocycles. The topological polar surface area (TPSA) is 95.9 Å². The van der Waals surface area contributed by atoms with Crippen molar-refractivity contribution >= 4 is 11.9 Å². The Morgan fingerprint density at radius 2 is 0.694 bits per heavy atom. The van der Waals surface area contributed by atoms with Crippen LogP contribution < -0.4 is 5.32 Å². The summed E-state index contributed by atoms with van der Waals surface area (Å²) in [5, 5.41) is 23.3. The minimum atomic E-state index is -0.669. The molecule has 422 valence electrons. The van der Waals surface area contributed by atoms with Crippen molar-refractivity contribution in [3.63, 3.8) is 0 Å². The number of aliphatic hydroxyl groups excluding tert-OH is 2. The fourth-order valence-corrected chi connectivity index (χ4v) is 9.70. The predicted octanol–water partition coefficient (Wildman–Crippen LogP) is 20.1. The maximum atomic E-state index is 12.5. The van der Waals surface area contributed by atoms with Gasteiger partial charge in [0.1, 0.15) is 0 Å². The van der Waals surface area contributed by atoms with E-state index in [4.69, 9.17) is 4.74 Å². The first-order valence-corrected chi connectivity index (χ1v) is 31.9. The van der Waals surface area contributed by atoms with E-state index in [1.807, 2.05) is 0 Å². The molecule has 0 rings (SSSR count). The Morgan fingerprint density at radius 3 is 1.08 bits per heavy atom. The summed E-state index contributed by atoms with van der Waals surface area (Å²) in [6.45, 7) is 4.92. The van der Waals surface area contributed by atoms with Crippen LogP contribution in [-0.4, -0.2) is 47.4 Å². The van der Waals surface area contributed by atoms with Crippen LogP contribution in [0.25, 0.3) is 0 Å². The highest BCUT2D eigenvalue weighted by Gasteiger charge is 2.20. The van der Waals surface area contributed by atoms with Crippen molar-refractivity contribution in [1.82, 2.24) is 5.32 Å². The molecule has 0 aromatic heterocycles. The second-order valence-corrected chi connectivity index (χ2v) is 21.7. The largest absolute Gasteiger partial charge is 0.466 e. The molecule has 1 amide bonds. The first kappa shape index (κ1) is 69.8. The third kappa shape index (κ3) is 57.1. The molecule has 2 atom stereocenters. The molecule has 6 nitrogen and oxygen atoms in total. The lowest BCUT2D eigenvalue weighted by Crippen LogP contribution is -2.45. The van der Waals surface area contributed by atoms with E-state index in [0.717, 1.165) is 57.8 Å². The lowest BCUT2D eigenvalue weighted by molar-refractivity contribution is -0.143. The van der Waals surface area contributed by atoms with Gasteiger partial charge < -0.3 is 20.3 Å². The summed E-state index contributed by atoms with van der Waals surface area (Å²) < 4.78 is 5.47. The number of nitrogens with one attached hydrogen (secondary N) is 1. The molecule has 0 aromatic carbocycles. The lowest BCUT2D eigenvalue weighted by atomic mass is 10.0. The first-order valence-electron chi connectivity index (χ1n) is 31.9. The van der Waals surface area contributed by atoms with Gasteiger partial charge in [-0.15, -0.1) is 0 Å². The zero-order valence-electron chi connectivity index (χ0n) is 48.2. The van der Waals surface area contributed by atoms with Crippen LogP contribution in [0.3, 0.4) is 0 Å². The zero-order chi connectivity index (χ0) is 52.2. The highest BCUT2D eigenvalue weighted by Crippen LogP contribution is 2.17. The number of hydrogen-bond donors (Lipinski definition) is 3. The van der Waals surface area contributed by atoms with Crippen molar-refractivity contribution in [1.29, 1.82) is 0 Å². The molecule has 6 heteroatoms. The smallest absolute Gasteiger partial charge is 0.305 e. The third-order valence-corrected chi connectivity index (χ3v) is 14.6. The van der Waals surface area contributed by atoms with Crippen LogP contribution in [0.15, 0.2) is 48.6 Å². The second-order valence-electron chi connectivity index (χ2n) is 21.7. The van der Waals surface area contributed by atoms with Gasteiger partial charge in [0.2, 0.25) is 5.91 Å². The van der Waals surface area contributed by atoms with E-state index in [2.05, 4.69) is 67.8 Å². The number of unbranched alkanes of at least 4 members (excludes halogenated alkanes) is 40. The molecule has 0 saturated heterocycles.